The molecule has 0 atom stereocenters. The standard InChI is InChI=1S/C29H21N5O6/c1-18(35)32(21-13-15-31(2)16-14-21)20-9-7-19(8-10-20)30-27(36)25-12-11-22(17-26(25)34(39)40)33-28(37)23-5-3-4-6-24(23)29(33)38/h3-17H,1-2H3/p+1. The van der Waals surface area contributed by atoms with E-state index in [9.17, 15) is 29.3 Å². The van der Waals surface area contributed by atoms with Gasteiger partial charge in [-0.15, -0.1) is 0 Å². The molecule has 11 heteroatoms. The molecule has 0 radical (unpaired) electrons. The highest BCUT2D eigenvalue weighted by Crippen LogP contribution is 2.33. The normalized spacial score (nSPS) is 12.2. The largest absolute Gasteiger partial charge is 0.322 e. The Bertz CT molecular complexity index is 1660. The summed E-state index contributed by atoms with van der Waals surface area (Å²) in [5, 5.41) is 14.5. The summed E-state index contributed by atoms with van der Waals surface area (Å²) in [7, 11) is 1.86. The van der Waals surface area contributed by atoms with E-state index in [1.807, 2.05) is 24.0 Å². The number of nitrogens with zero attached hydrogens (tertiary/aromatic N) is 4. The summed E-state index contributed by atoms with van der Waals surface area (Å²) in [6.07, 6.45) is 3.62. The minimum absolute atomic E-state index is 0.0161. The molecular weight excluding hydrogens is 514 g/mol. The predicted molar refractivity (Wildman–Crippen MR) is 146 cm³/mol. The van der Waals surface area contributed by atoms with Gasteiger partial charge in [-0.1, -0.05) is 12.1 Å². The van der Waals surface area contributed by atoms with Crippen molar-refractivity contribution in [2.24, 2.45) is 7.05 Å². The molecule has 1 aromatic heterocycles. The number of carbonyl (C=O) groups excluding carboxylic acids is 4. The Morgan fingerprint density at radius 1 is 0.875 bits per heavy atom. The second kappa shape index (κ2) is 10.2. The van der Waals surface area contributed by atoms with Crippen LogP contribution in [0.2, 0.25) is 0 Å². The van der Waals surface area contributed by atoms with Crippen LogP contribution in [-0.4, -0.2) is 28.6 Å². The van der Waals surface area contributed by atoms with E-state index in [1.54, 1.807) is 48.5 Å². The minimum atomic E-state index is -0.757. The average Bonchev–Trinajstić information content (AvgIpc) is 3.20. The van der Waals surface area contributed by atoms with Crippen molar-refractivity contribution < 1.29 is 28.7 Å². The number of pyridine rings is 1. The molecule has 198 valence electrons. The van der Waals surface area contributed by atoms with E-state index in [0.29, 0.717) is 17.1 Å². The van der Waals surface area contributed by atoms with Crippen LogP contribution in [-0.2, 0) is 11.8 Å². The summed E-state index contributed by atoms with van der Waals surface area (Å²) in [5.74, 6) is -2.17. The Hall–Kier alpha value is -5.71. The first-order valence-corrected chi connectivity index (χ1v) is 12.1. The number of rotatable bonds is 6. The molecule has 0 saturated heterocycles. The number of benzene rings is 3. The molecule has 0 fully saturated rings. The van der Waals surface area contributed by atoms with Crippen molar-refractivity contribution in [2.75, 3.05) is 15.1 Å². The van der Waals surface area contributed by atoms with Gasteiger partial charge in [0.1, 0.15) is 12.6 Å². The first kappa shape index (κ1) is 25.9. The van der Waals surface area contributed by atoms with E-state index in [0.717, 1.165) is 11.0 Å². The first-order chi connectivity index (χ1) is 19.2. The summed E-state index contributed by atoms with van der Waals surface area (Å²) < 4.78 is 1.84. The number of aromatic nitrogens is 1. The van der Waals surface area contributed by atoms with Crippen LogP contribution in [0, 0.1) is 10.1 Å². The topological polar surface area (TPSA) is 134 Å². The van der Waals surface area contributed by atoms with Crippen molar-refractivity contribution in [2.45, 2.75) is 6.92 Å². The quantitative estimate of drug-likeness (QED) is 0.170. The lowest BCUT2D eigenvalue weighted by Crippen LogP contribution is -2.29. The number of nitro groups is 1. The molecule has 5 rings (SSSR count). The molecule has 0 unspecified atom stereocenters. The van der Waals surface area contributed by atoms with Gasteiger partial charge in [0.15, 0.2) is 12.4 Å². The minimum Gasteiger partial charge on any atom is -0.322 e. The lowest BCUT2D eigenvalue weighted by molar-refractivity contribution is -0.671. The number of fused-ring (bicyclic) bond motifs is 1. The Morgan fingerprint density at radius 3 is 2.00 bits per heavy atom. The zero-order valence-electron chi connectivity index (χ0n) is 21.4. The van der Waals surface area contributed by atoms with Crippen LogP contribution >= 0.6 is 0 Å². The van der Waals surface area contributed by atoms with Gasteiger partial charge in [0, 0.05) is 36.5 Å². The number of imide groups is 1. The van der Waals surface area contributed by atoms with Gasteiger partial charge in [-0.25, -0.2) is 9.47 Å². The van der Waals surface area contributed by atoms with E-state index >= 15 is 0 Å². The van der Waals surface area contributed by atoms with Gasteiger partial charge in [-0.2, -0.15) is 0 Å². The van der Waals surface area contributed by atoms with Gasteiger partial charge < -0.3 is 5.32 Å². The molecule has 2 heterocycles. The third kappa shape index (κ3) is 4.67. The molecule has 1 N–H and O–H groups in total. The number of nitro benzene ring substituents is 1. The number of anilines is 4. The Labute approximate surface area is 228 Å². The van der Waals surface area contributed by atoms with Crippen LogP contribution < -0.4 is 19.7 Å². The molecule has 4 amide bonds. The van der Waals surface area contributed by atoms with Crippen molar-refractivity contribution in [3.8, 4) is 0 Å². The Kier molecular flexibility index (Phi) is 6.62. The van der Waals surface area contributed by atoms with E-state index < -0.39 is 28.3 Å². The molecular formula is C29H22N5O6+. The monoisotopic (exact) mass is 536 g/mol. The van der Waals surface area contributed by atoms with Gasteiger partial charge in [-0.05, 0) is 48.5 Å². The molecule has 11 nitrogen and oxygen atoms in total. The molecule has 0 spiro atoms. The van der Waals surface area contributed by atoms with Gasteiger partial charge >= 0.3 is 0 Å². The highest BCUT2D eigenvalue weighted by molar-refractivity contribution is 6.34. The van der Waals surface area contributed by atoms with Gasteiger partial charge in [-0.3, -0.25) is 34.2 Å². The van der Waals surface area contributed by atoms with E-state index in [1.165, 1.54) is 36.1 Å². The molecule has 40 heavy (non-hydrogen) atoms. The zero-order chi connectivity index (χ0) is 28.6. The zero-order valence-corrected chi connectivity index (χ0v) is 21.4. The number of nitrogens with one attached hydrogen (secondary N) is 1. The smallest absolute Gasteiger partial charge is 0.284 e. The number of aryl methyl sites for hydroxylation is 1. The molecule has 3 aromatic carbocycles. The number of carbonyl (C=O) groups is 4. The predicted octanol–water partition coefficient (Wildman–Crippen LogP) is 4.16. The van der Waals surface area contributed by atoms with Crippen molar-refractivity contribution in [3.63, 3.8) is 0 Å². The summed E-state index contributed by atoms with van der Waals surface area (Å²) in [5.41, 5.74) is 1.13. The summed E-state index contributed by atoms with van der Waals surface area (Å²) in [6.45, 7) is 1.44. The second-order valence-corrected chi connectivity index (χ2v) is 9.03. The second-order valence-electron chi connectivity index (χ2n) is 9.03. The molecule has 0 aliphatic carbocycles. The number of hydrogen-bond acceptors (Lipinski definition) is 6. The maximum atomic E-state index is 13.0. The Morgan fingerprint density at radius 2 is 1.45 bits per heavy atom. The maximum absolute atomic E-state index is 13.0. The Balaban J connectivity index is 1.38. The number of amides is 4. The maximum Gasteiger partial charge on any atom is 0.284 e. The van der Waals surface area contributed by atoms with Crippen molar-refractivity contribution in [3.05, 3.63) is 118 Å². The highest BCUT2D eigenvalue weighted by Gasteiger charge is 2.37. The van der Waals surface area contributed by atoms with Crippen LogP contribution in [0.3, 0.4) is 0 Å². The summed E-state index contributed by atoms with van der Waals surface area (Å²) >= 11 is 0. The van der Waals surface area contributed by atoms with Crippen molar-refractivity contribution in [1.29, 1.82) is 0 Å². The fraction of sp³-hybridized carbons (Fsp3) is 0.0690. The van der Waals surface area contributed by atoms with Crippen LogP contribution in [0.5, 0.6) is 0 Å². The highest BCUT2D eigenvalue weighted by atomic mass is 16.6. The fourth-order valence-corrected chi connectivity index (χ4v) is 4.47. The van der Waals surface area contributed by atoms with Crippen LogP contribution in [0.4, 0.5) is 28.4 Å². The van der Waals surface area contributed by atoms with Crippen LogP contribution in [0.15, 0.2) is 91.3 Å². The molecule has 0 saturated carbocycles. The average molecular weight is 537 g/mol. The van der Waals surface area contributed by atoms with E-state index in [4.69, 9.17) is 0 Å². The molecule has 1 aliphatic heterocycles. The van der Waals surface area contributed by atoms with Crippen molar-refractivity contribution >= 4 is 52.1 Å². The van der Waals surface area contributed by atoms with Crippen molar-refractivity contribution in [1.82, 2.24) is 0 Å². The molecule has 4 aromatic rings. The van der Waals surface area contributed by atoms with Crippen LogP contribution in [0.25, 0.3) is 0 Å². The third-order valence-electron chi connectivity index (χ3n) is 6.39. The van der Waals surface area contributed by atoms with E-state index in [-0.39, 0.29) is 28.3 Å². The number of hydrogen-bond donors (Lipinski definition) is 1. The van der Waals surface area contributed by atoms with E-state index in [2.05, 4.69) is 5.32 Å². The van der Waals surface area contributed by atoms with Gasteiger partial charge in [0.2, 0.25) is 5.91 Å². The third-order valence-corrected chi connectivity index (χ3v) is 6.39. The van der Waals surface area contributed by atoms with Gasteiger partial charge in [0.25, 0.3) is 23.4 Å². The molecule has 1 aliphatic rings. The SMILES string of the molecule is CC(=O)N(c1ccc(NC(=O)c2ccc(N3C(=O)c4ccccc4C3=O)cc2[N+](=O)[O-])cc1)c1cc[n+](C)cc1. The molecule has 0 bridgehead atoms. The lowest BCUT2D eigenvalue weighted by Gasteiger charge is -2.21. The lowest BCUT2D eigenvalue weighted by atomic mass is 10.1. The van der Waals surface area contributed by atoms with Crippen LogP contribution in [0.1, 0.15) is 38.0 Å². The van der Waals surface area contributed by atoms with Gasteiger partial charge in [0.05, 0.1) is 27.4 Å². The first-order valence-electron chi connectivity index (χ1n) is 12.1. The summed E-state index contributed by atoms with van der Waals surface area (Å²) in [4.78, 5) is 64.5. The summed E-state index contributed by atoms with van der Waals surface area (Å²) in [6, 6.07) is 19.8. The fourth-order valence-electron chi connectivity index (χ4n) is 4.47.